The molecule has 2 aromatic rings. The largest absolute Gasteiger partial charge is 0.335 e. The van der Waals surface area contributed by atoms with Crippen LogP contribution in [0.4, 0.5) is 0 Å². The van der Waals surface area contributed by atoms with E-state index in [9.17, 15) is 4.79 Å². The van der Waals surface area contributed by atoms with Gasteiger partial charge in [0.05, 0.1) is 12.2 Å². The van der Waals surface area contributed by atoms with Crippen molar-refractivity contribution in [2.24, 2.45) is 5.92 Å². The highest BCUT2D eigenvalue weighted by Crippen LogP contribution is 2.19. The zero-order chi connectivity index (χ0) is 12.5. The summed E-state index contributed by atoms with van der Waals surface area (Å²) in [7, 11) is 0. The first-order valence-corrected chi connectivity index (χ1v) is 5.93. The molecule has 1 amide bonds. The summed E-state index contributed by atoms with van der Waals surface area (Å²) in [5, 5.41) is 0. The molecule has 2 aromatic heterocycles. The third-order valence-electron chi connectivity index (χ3n) is 3.22. The van der Waals surface area contributed by atoms with Crippen LogP contribution in [0.2, 0.25) is 0 Å². The molecule has 0 aromatic carbocycles. The van der Waals surface area contributed by atoms with E-state index in [2.05, 4.69) is 10.9 Å². The zero-order valence-electron chi connectivity index (χ0n) is 9.91. The molecule has 0 spiro atoms. The van der Waals surface area contributed by atoms with Gasteiger partial charge in [-0.1, -0.05) is 6.07 Å². The molecule has 3 heterocycles. The summed E-state index contributed by atoms with van der Waals surface area (Å²) in [6.07, 6.45) is 9.72. The number of terminal acetylenes is 1. The smallest absolute Gasteiger partial charge is 0.224 e. The Balaban J connectivity index is 1.81. The topological polar surface area (TPSA) is 37.6 Å². The molecule has 1 unspecified atom stereocenters. The van der Waals surface area contributed by atoms with Crippen molar-refractivity contribution in [3.05, 3.63) is 36.3 Å². The number of fused-ring (bicyclic) bond motifs is 1. The number of amides is 1. The SMILES string of the molecule is C#CC1CC(=O)N(Cc2cn3ccccc3n2)C1. The lowest BCUT2D eigenvalue weighted by atomic mass is 10.1. The van der Waals surface area contributed by atoms with Crippen molar-refractivity contribution in [2.45, 2.75) is 13.0 Å². The number of aromatic nitrogens is 2. The number of pyridine rings is 1. The van der Waals surface area contributed by atoms with Gasteiger partial charge in [-0.25, -0.2) is 4.98 Å². The van der Waals surface area contributed by atoms with Crippen molar-refractivity contribution >= 4 is 11.6 Å². The Morgan fingerprint density at radius 1 is 1.50 bits per heavy atom. The minimum atomic E-state index is 0.0505. The Morgan fingerprint density at radius 2 is 2.39 bits per heavy atom. The van der Waals surface area contributed by atoms with E-state index in [0.717, 1.165) is 11.3 Å². The maximum atomic E-state index is 11.8. The van der Waals surface area contributed by atoms with Gasteiger partial charge in [0.15, 0.2) is 0 Å². The molecular formula is C14H13N3O. The molecule has 4 nitrogen and oxygen atoms in total. The van der Waals surface area contributed by atoms with Crippen LogP contribution >= 0.6 is 0 Å². The fourth-order valence-corrected chi connectivity index (χ4v) is 2.30. The first-order chi connectivity index (χ1) is 8.76. The van der Waals surface area contributed by atoms with Crippen molar-refractivity contribution in [1.29, 1.82) is 0 Å². The molecule has 1 fully saturated rings. The number of imidazole rings is 1. The molecule has 90 valence electrons. The molecule has 1 aliphatic rings. The van der Waals surface area contributed by atoms with E-state index < -0.39 is 0 Å². The van der Waals surface area contributed by atoms with Crippen molar-refractivity contribution in [1.82, 2.24) is 14.3 Å². The number of carbonyl (C=O) groups excluding carboxylic acids is 1. The van der Waals surface area contributed by atoms with Gasteiger partial charge in [-0.05, 0) is 12.1 Å². The van der Waals surface area contributed by atoms with Crippen LogP contribution in [0.5, 0.6) is 0 Å². The summed E-state index contributed by atoms with van der Waals surface area (Å²) in [4.78, 5) is 18.0. The third kappa shape index (κ3) is 1.84. The van der Waals surface area contributed by atoms with E-state index in [0.29, 0.717) is 19.5 Å². The quantitative estimate of drug-likeness (QED) is 0.741. The van der Waals surface area contributed by atoms with Crippen LogP contribution in [0.25, 0.3) is 5.65 Å². The van der Waals surface area contributed by atoms with E-state index >= 15 is 0 Å². The Morgan fingerprint density at radius 3 is 3.11 bits per heavy atom. The van der Waals surface area contributed by atoms with Crippen LogP contribution in [0.1, 0.15) is 12.1 Å². The summed E-state index contributed by atoms with van der Waals surface area (Å²) < 4.78 is 1.95. The molecule has 0 saturated carbocycles. The Kier molecular flexibility index (Phi) is 2.52. The highest BCUT2D eigenvalue weighted by atomic mass is 16.2. The maximum Gasteiger partial charge on any atom is 0.224 e. The second kappa shape index (κ2) is 4.19. The zero-order valence-corrected chi connectivity index (χ0v) is 9.91. The molecule has 0 radical (unpaired) electrons. The van der Waals surface area contributed by atoms with Gasteiger partial charge in [0.25, 0.3) is 0 Å². The van der Waals surface area contributed by atoms with Gasteiger partial charge in [-0.15, -0.1) is 12.3 Å². The summed E-state index contributed by atoms with van der Waals surface area (Å²) in [5.41, 5.74) is 1.79. The Bertz CT molecular complexity index is 605. The van der Waals surface area contributed by atoms with Crippen LogP contribution in [-0.4, -0.2) is 26.7 Å². The van der Waals surface area contributed by atoms with Gasteiger partial charge in [0, 0.05) is 31.3 Å². The van der Waals surface area contributed by atoms with E-state index in [-0.39, 0.29) is 11.8 Å². The van der Waals surface area contributed by atoms with Crippen LogP contribution < -0.4 is 0 Å². The highest BCUT2D eigenvalue weighted by Gasteiger charge is 2.28. The first-order valence-electron chi connectivity index (χ1n) is 5.93. The number of rotatable bonds is 2. The Hall–Kier alpha value is -2.28. The molecule has 0 aliphatic carbocycles. The molecule has 1 atom stereocenters. The molecule has 3 rings (SSSR count). The standard InChI is InChI=1S/C14H13N3O/c1-2-11-7-14(18)17(8-11)10-12-9-16-6-4-3-5-13(16)15-12/h1,3-6,9,11H,7-8,10H2. The van der Waals surface area contributed by atoms with Crippen LogP contribution in [-0.2, 0) is 11.3 Å². The summed E-state index contributed by atoms with van der Waals surface area (Å²) in [6, 6.07) is 5.84. The minimum Gasteiger partial charge on any atom is -0.335 e. The second-order valence-electron chi connectivity index (χ2n) is 4.54. The molecule has 4 heteroatoms. The molecule has 0 N–H and O–H groups in total. The van der Waals surface area contributed by atoms with Gasteiger partial charge in [-0.2, -0.15) is 0 Å². The van der Waals surface area contributed by atoms with Crippen LogP contribution in [0.15, 0.2) is 30.6 Å². The predicted octanol–water partition coefficient (Wildman–Crippen LogP) is 1.32. The minimum absolute atomic E-state index is 0.0505. The monoisotopic (exact) mass is 239 g/mol. The summed E-state index contributed by atoms with van der Waals surface area (Å²) >= 11 is 0. The highest BCUT2D eigenvalue weighted by molar-refractivity contribution is 5.79. The van der Waals surface area contributed by atoms with Crippen molar-refractivity contribution in [2.75, 3.05) is 6.54 Å². The summed E-state index contributed by atoms with van der Waals surface area (Å²) in [5.74, 6) is 2.82. The molecule has 1 aliphatic heterocycles. The first kappa shape index (κ1) is 10.8. The van der Waals surface area contributed by atoms with Gasteiger partial charge in [0.1, 0.15) is 5.65 Å². The number of nitrogens with zero attached hydrogens (tertiary/aromatic N) is 3. The van der Waals surface area contributed by atoms with E-state index in [1.54, 1.807) is 4.90 Å². The number of carbonyl (C=O) groups is 1. The van der Waals surface area contributed by atoms with E-state index in [1.165, 1.54) is 0 Å². The van der Waals surface area contributed by atoms with Crippen LogP contribution in [0, 0.1) is 18.3 Å². The van der Waals surface area contributed by atoms with Gasteiger partial charge in [0.2, 0.25) is 5.91 Å². The molecular weight excluding hydrogens is 226 g/mol. The van der Waals surface area contributed by atoms with Crippen LogP contribution in [0.3, 0.4) is 0 Å². The lowest BCUT2D eigenvalue weighted by molar-refractivity contribution is -0.128. The van der Waals surface area contributed by atoms with Gasteiger partial charge in [-0.3, -0.25) is 4.79 Å². The Labute approximate surface area is 105 Å². The number of hydrogen-bond donors (Lipinski definition) is 0. The normalized spacial score (nSPS) is 19.4. The maximum absolute atomic E-state index is 11.8. The van der Waals surface area contributed by atoms with E-state index in [4.69, 9.17) is 6.42 Å². The second-order valence-corrected chi connectivity index (χ2v) is 4.54. The molecule has 1 saturated heterocycles. The average molecular weight is 239 g/mol. The van der Waals surface area contributed by atoms with Gasteiger partial charge >= 0.3 is 0 Å². The lowest BCUT2D eigenvalue weighted by Crippen LogP contribution is -2.24. The number of likely N-dealkylation sites (tertiary alicyclic amines) is 1. The van der Waals surface area contributed by atoms with Crippen molar-refractivity contribution < 1.29 is 4.79 Å². The molecule has 18 heavy (non-hydrogen) atoms. The van der Waals surface area contributed by atoms with Crippen molar-refractivity contribution in [3.8, 4) is 12.3 Å². The number of hydrogen-bond acceptors (Lipinski definition) is 2. The fourth-order valence-electron chi connectivity index (χ4n) is 2.30. The van der Waals surface area contributed by atoms with Crippen molar-refractivity contribution in [3.63, 3.8) is 0 Å². The lowest BCUT2D eigenvalue weighted by Gasteiger charge is -2.13. The summed E-state index contributed by atoms with van der Waals surface area (Å²) in [6.45, 7) is 1.18. The third-order valence-corrected chi connectivity index (χ3v) is 3.22. The average Bonchev–Trinajstić information content (AvgIpc) is 2.93. The van der Waals surface area contributed by atoms with Gasteiger partial charge < -0.3 is 9.30 Å². The molecule has 0 bridgehead atoms. The van der Waals surface area contributed by atoms with E-state index in [1.807, 2.05) is 35.0 Å². The fraction of sp³-hybridized carbons (Fsp3) is 0.286. The predicted molar refractivity (Wildman–Crippen MR) is 67.5 cm³/mol.